The summed E-state index contributed by atoms with van der Waals surface area (Å²) in [5.41, 5.74) is 1.26. The van der Waals surface area contributed by atoms with E-state index in [0.717, 1.165) is 18.5 Å². The number of aromatic nitrogens is 1. The Kier molecular flexibility index (Phi) is 3.63. The van der Waals surface area contributed by atoms with Gasteiger partial charge in [-0.3, -0.25) is 0 Å². The van der Waals surface area contributed by atoms with Gasteiger partial charge in [-0.05, 0) is 24.0 Å². The van der Waals surface area contributed by atoms with E-state index in [-0.39, 0.29) is 5.69 Å². The van der Waals surface area contributed by atoms with E-state index >= 15 is 0 Å². The van der Waals surface area contributed by atoms with Crippen LogP contribution in [0.3, 0.4) is 0 Å². The van der Waals surface area contributed by atoms with E-state index in [4.69, 9.17) is 15.3 Å². The number of pyridine rings is 1. The van der Waals surface area contributed by atoms with Gasteiger partial charge in [0.1, 0.15) is 11.8 Å². The van der Waals surface area contributed by atoms with Gasteiger partial charge >= 0.3 is 7.12 Å². The van der Waals surface area contributed by atoms with Crippen LogP contribution in [0.25, 0.3) is 0 Å². The summed E-state index contributed by atoms with van der Waals surface area (Å²) in [7, 11) is -1.54. The van der Waals surface area contributed by atoms with Crippen molar-refractivity contribution in [3.8, 4) is 6.07 Å². The van der Waals surface area contributed by atoms with E-state index in [0.29, 0.717) is 5.46 Å². The number of nitrogens with zero attached hydrogens (tertiary/aromatic N) is 2. The van der Waals surface area contributed by atoms with Gasteiger partial charge in [0.25, 0.3) is 0 Å². The Morgan fingerprint density at radius 2 is 2.21 bits per heavy atom. The smallest absolute Gasteiger partial charge is 0.423 e. The molecule has 0 saturated heterocycles. The van der Waals surface area contributed by atoms with Crippen molar-refractivity contribution in [2.24, 2.45) is 0 Å². The molecule has 0 unspecified atom stereocenters. The Balaban J connectivity index is 3.08. The molecule has 0 aliphatic rings. The van der Waals surface area contributed by atoms with Crippen molar-refractivity contribution < 1.29 is 10.0 Å². The summed E-state index contributed by atoms with van der Waals surface area (Å²) >= 11 is 0. The Hall–Kier alpha value is -1.38. The number of hydrogen-bond acceptors (Lipinski definition) is 4. The molecular weight excluding hydrogens is 179 g/mol. The lowest BCUT2D eigenvalue weighted by Crippen LogP contribution is -2.30. The minimum Gasteiger partial charge on any atom is -0.423 e. The molecule has 0 saturated carbocycles. The van der Waals surface area contributed by atoms with Crippen LogP contribution >= 0.6 is 0 Å². The molecule has 1 aromatic heterocycles. The molecule has 0 radical (unpaired) electrons. The molecule has 0 fully saturated rings. The van der Waals surface area contributed by atoms with Crippen molar-refractivity contribution in [3.63, 3.8) is 0 Å². The van der Waals surface area contributed by atoms with E-state index in [9.17, 15) is 0 Å². The minimum atomic E-state index is -1.54. The van der Waals surface area contributed by atoms with E-state index in [1.165, 1.54) is 6.07 Å². The van der Waals surface area contributed by atoms with Crippen LogP contribution in [0.2, 0.25) is 0 Å². The molecule has 0 aromatic carbocycles. The van der Waals surface area contributed by atoms with Crippen LogP contribution in [0.4, 0.5) is 0 Å². The SMILES string of the molecule is CCCc1cc(B(O)O)cc(C#N)n1. The second-order valence-corrected chi connectivity index (χ2v) is 3.01. The number of rotatable bonds is 3. The summed E-state index contributed by atoms with van der Waals surface area (Å²) in [6, 6.07) is 4.87. The molecule has 1 heterocycles. The second kappa shape index (κ2) is 4.75. The summed E-state index contributed by atoms with van der Waals surface area (Å²) < 4.78 is 0. The Labute approximate surface area is 83.0 Å². The van der Waals surface area contributed by atoms with Crippen LogP contribution in [-0.2, 0) is 6.42 Å². The molecule has 72 valence electrons. The monoisotopic (exact) mass is 190 g/mol. The normalized spacial score (nSPS) is 9.57. The molecule has 0 amide bonds. The lowest BCUT2D eigenvalue weighted by Gasteiger charge is -2.03. The maximum atomic E-state index is 8.95. The maximum absolute atomic E-state index is 8.95. The van der Waals surface area contributed by atoms with Crippen LogP contribution < -0.4 is 5.46 Å². The van der Waals surface area contributed by atoms with Crippen LogP contribution in [0, 0.1) is 11.3 Å². The van der Waals surface area contributed by atoms with E-state index in [2.05, 4.69) is 4.98 Å². The van der Waals surface area contributed by atoms with E-state index < -0.39 is 7.12 Å². The minimum absolute atomic E-state index is 0.221. The largest absolute Gasteiger partial charge is 0.488 e. The zero-order chi connectivity index (χ0) is 10.6. The summed E-state index contributed by atoms with van der Waals surface area (Å²) in [6.45, 7) is 2.00. The van der Waals surface area contributed by atoms with Gasteiger partial charge in [-0.25, -0.2) is 4.98 Å². The summed E-state index contributed by atoms with van der Waals surface area (Å²) in [5.74, 6) is 0. The topological polar surface area (TPSA) is 77.1 Å². The first-order valence-electron chi connectivity index (χ1n) is 4.44. The third-order valence-corrected chi connectivity index (χ3v) is 1.82. The number of hydrogen-bond donors (Lipinski definition) is 2. The molecule has 0 atom stereocenters. The Morgan fingerprint density at radius 3 is 2.71 bits per heavy atom. The van der Waals surface area contributed by atoms with Gasteiger partial charge in [0, 0.05) is 5.69 Å². The first-order chi connectivity index (χ1) is 6.67. The molecule has 1 rings (SSSR count). The average molecular weight is 190 g/mol. The zero-order valence-corrected chi connectivity index (χ0v) is 7.94. The maximum Gasteiger partial charge on any atom is 0.488 e. The molecule has 1 aromatic rings. The van der Waals surface area contributed by atoms with Crippen LogP contribution in [-0.4, -0.2) is 22.2 Å². The molecule has 4 nitrogen and oxygen atoms in total. The highest BCUT2D eigenvalue weighted by Crippen LogP contribution is 2.00. The Morgan fingerprint density at radius 1 is 1.50 bits per heavy atom. The molecule has 0 spiro atoms. The van der Waals surface area contributed by atoms with Gasteiger partial charge in [0.05, 0.1) is 0 Å². The van der Waals surface area contributed by atoms with E-state index in [1.54, 1.807) is 6.07 Å². The summed E-state index contributed by atoms with van der Waals surface area (Å²) in [5, 5.41) is 26.6. The lowest BCUT2D eigenvalue weighted by atomic mass is 9.80. The predicted molar refractivity (Wildman–Crippen MR) is 52.8 cm³/mol. The van der Waals surface area contributed by atoms with E-state index in [1.807, 2.05) is 13.0 Å². The first kappa shape index (κ1) is 10.7. The molecule has 0 aliphatic carbocycles. The quantitative estimate of drug-likeness (QED) is 0.635. The van der Waals surface area contributed by atoms with Gasteiger partial charge in [-0.2, -0.15) is 5.26 Å². The van der Waals surface area contributed by atoms with Crippen molar-refractivity contribution >= 4 is 12.6 Å². The summed E-state index contributed by atoms with van der Waals surface area (Å²) in [6.07, 6.45) is 1.64. The van der Waals surface area contributed by atoms with Gasteiger partial charge in [-0.1, -0.05) is 13.3 Å². The van der Waals surface area contributed by atoms with Crippen molar-refractivity contribution in [1.82, 2.24) is 4.98 Å². The van der Waals surface area contributed by atoms with Crippen LogP contribution in [0.5, 0.6) is 0 Å². The van der Waals surface area contributed by atoms with Gasteiger partial charge in [-0.15, -0.1) is 0 Å². The molecular formula is C9H11BN2O2. The fraction of sp³-hybridized carbons (Fsp3) is 0.333. The Bertz CT molecular complexity index is 360. The number of aryl methyl sites for hydroxylation is 1. The average Bonchev–Trinajstić information content (AvgIpc) is 2.17. The van der Waals surface area contributed by atoms with Crippen molar-refractivity contribution in [2.75, 3.05) is 0 Å². The highest BCUT2D eigenvalue weighted by Gasteiger charge is 2.13. The fourth-order valence-corrected chi connectivity index (χ4v) is 1.20. The molecule has 2 N–H and O–H groups in total. The standard InChI is InChI=1S/C9H11BN2O2/c1-2-3-8-4-7(10(13)14)5-9(6-11)12-8/h4-5,13-14H,2-3H2,1H3. The summed E-state index contributed by atoms with van der Waals surface area (Å²) in [4.78, 5) is 4.04. The highest BCUT2D eigenvalue weighted by atomic mass is 16.4. The van der Waals surface area contributed by atoms with Crippen LogP contribution in [0.1, 0.15) is 24.7 Å². The molecule has 0 aliphatic heterocycles. The van der Waals surface area contributed by atoms with Crippen molar-refractivity contribution in [3.05, 3.63) is 23.5 Å². The lowest BCUT2D eigenvalue weighted by molar-refractivity contribution is 0.425. The highest BCUT2D eigenvalue weighted by molar-refractivity contribution is 6.58. The predicted octanol–water partition coefficient (Wildman–Crippen LogP) is -0.414. The molecule has 0 bridgehead atoms. The first-order valence-corrected chi connectivity index (χ1v) is 4.44. The second-order valence-electron chi connectivity index (χ2n) is 3.01. The fourth-order valence-electron chi connectivity index (χ4n) is 1.20. The van der Waals surface area contributed by atoms with Gasteiger partial charge in [0.15, 0.2) is 0 Å². The van der Waals surface area contributed by atoms with Crippen molar-refractivity contribution in [1.29, 1.82) is 5.26 Å². The molecule has 5 heteroatoms. The third kappa shape index (κ3) is 2.56. The molecule has 14 heavy (non-hydrogen) atoms. The third-order valence-electron chi connectivity index (χ3n) is 1.82. The number of nitriles is 1. The van der Waals surface area contributed by atoms with Gasteiger partial charge < -0.3 is 10.0 Å². The van der Waals surface area contributed by atoms with Gasteiger partial charge in [0.2, 0.25) is 0 Å². The van der Waals surface area contributed by atoms with Crippen molar-refractivity contribution in [2.45, 2.75) is 19.8 Å². The van der Waals surface area contributed by atoms with Crippen LogP contribution in [0.15, 0.2) is 12.1 Å². The zero-order valence-electron chi connectivity index (χ0n) is 7.94.